The van der Waals surface area contributed by atoms with Gasteiger partial charge < -0.3 is 15.1 Å². The fraction of sp³-hybridized carbons (Fsp3) is 0.358. The fourth-order valence-electron chi connectivity index (χ4n) is 10.4. The van der Waals surface area contributed by atoms with E-state index in [0.717, 1.165) is 53.0 Å². The van der Waals surface area contributed by atoms with Crippen molar-refractivity contribution < 1.29 is 19.2 Å². The first kappa shape index (κ1) is 44.0. The first-order chi connectivity index (χ1) is 31.0. The van der Waals surface area contributed by atoms with Gasteiger partial charge in [-0.1, -0.05) is 109 Å². The summed E-state index contributed by atoms with van der Waals surface area (Å²) in [6.07, 6.45) is 4.93. The molecule has 1 N–H and O–H groups in total. The Hall–Kier alpha value is -5.20. The molecule has 4 aliphatic heterocycles. The van der Waals surface area contributed by atoms with Gasteiger partial charge in [-0.3, -0.25) is 29.0 Å². The highest BCUT2D eigenvalue weighted by Gasteiger charge is 2.49. The summed E-state index contributed by atoms with van der Waals surface area (Å²) in [5.41, 5.74) is 7.37. The highest BCUT2D eigenvalue weighted by molar-refractivity contribution is 8.04. The molecule has 4 heterocycles. The molecule has 0 spiro atoms. The molecule has 3 amide bonds. The molecule has 9 rings (SSSR count). The van der Waals surface area contributed by atoms with E-state index in [-0.39, 0.29) is 33.5 Å². The summed E-state index contributed by atoms with van der Waals surface area (Å²) in [5, 5.41) is 3.43. The molecule has 5 aromatic rings. The van der Waals surface area contributed by atoms with Crippen LogP contribution in [0, 0.1) is 0 Å². The van der Waals surface area contributed by atoms with Crippen LogP contribution in [0.5, 0.6) is 0 Å². The lowest BCUT2D eigenvalue weighted by atomic mass is 9.85. The van der Waals surface area contributed by atoms with Gasteiger partial charge in [0, 0.05) is 40.2 Å². The Morgan fingerprint density at radius 2 is 1.25 bits per heavy atom. The van der Waals surface area contributed by atoms with Crippen molar-refractivity contribution in [3.63, 3.8) is 0 Å². The van der Waals surface area contributed by atoms with Crippen molar-refractivity contribution in [3.8, 4) is 0 Å². The number of nitrogens with one attached hydrogen (secondary N) is 1. The van der Waals surface area contributed by atoms with Crippen LogP contribution in [0.4, 0.5) is 5.69 Å². The van der Waals surface area contributed by atoms with Crippen LogP contribution >= 0.6 is 23.5 Å². The lowest BCUT2D eigenvalue weighted by Crippen LogP contribution is -2.47. The highest BCUT2D eigenvalue weighted by atomic mass is 32.2. The van der Waals surface area contributed by atoms with E-state index >= 15 is 0 Å². The number of Topliss-reactive ketones (excluding diaryl/α,β-unsaturated/α-hetero) is 1. The van der Waals surface area contributed by atoms with Crippen molar-refractivity contribution in [2.24, 2.45) is 0 Å². The van der Waals surface area contributed by atoms with Crippen molar-refractivity contribution in [1.29, 1.82) is 0 Å². The van der Waals surface area contributed by atoms with Crippen LogP contribution in [0.2, 0.25) is 0 Å². The molecule has 0 radical (unpaired) electrons. The van der Waals surface area contributed by atoms with Crippen LogP contribution in [0.3, 0.4) is 0 Å². The molecule has 2 fully saturated rings. The SMILES string of the molecule is CN(C)[C@@H](C(=O)N1CCC[C@H]1C(=O)Cc1ccc2c(c1)CC(C1(c3ccccc3)Cc3ccc(NC(=O)[C@@H]4CCCN4C(=O)[C@@H](c4ccccc4)N(C)C)cc3S1)S2)c1ccccc1. The maximum Gasteiger partial charge on any atom is 0.247 e. The summed E-state index contributed by atoms with van der Waals surface area (Å²) < 4.78 is -0.258. The molecule has 0 saturated carbocycles. The molecule has 11 heteroatoms. The summed E-state index contributed by atoms with van der Waals surface area (Å²) in [7, 11) is 7.66. The first-order valence-electron chi connectivity index (χ1n) is 22.5. The molecule has 0 aromatic heterocycles. The van der Waals surface area contributed by atoms with Gasteiger partial charge >= 0.3 is 0 Å². The average molecular weight is 892 g/mol. The highest BCUT2D eigenvalue weighted by Crippen LogP contribution is 2.60. The third-order valence-electron chi connectivity index (χ3n) is 13.5. The maximum absolute atomic E-state index is 14.1. The molecule has 9 nitrogen and oxygen atoms in total. The van der Waals surface area contributed by atoms with Gasteiger partial charge in [0.1, 0.15) is 18.1 Å². The number of rotatable bonds is 13. The predicted octanol–water partition coefficient (Wildman–Crippen LogP) is 8.59. The van der Waals surface area contributed by atoms with E-state index < -0.39 is 24.2 Å². The van der Waals surface area contributed by atoms with Gasteiger partial charge in [-0.2, -0.15) is 0 Å². The summed E-state index contributed by atoms with van der Waals surface area (Å²) in [4.78, 5) is 66.0. The van der Waals surface area contributed by atoms with E-state index in [9.17, 15) is 19.2 Å². The van der Waals surface area contributed by atoms with Gasteiger partial charge in [-0.05, 0) is 118 Å². The fourth-order valence-corrected chi connectivity index (χ4v) is 13.7. The molecular weight excluding hydrogens is 835 g/mol. The van der Waals surface area contributed by atoms with Crippen LogP contribution in [-0.2, 0) is 43.2 Å². The number of amides is 3. The second kappa shape index (κ2) is 18.7. The molecular formula is C53H57N5O4S2. The normalized spacial score (nSPS) is 22.4. The Bertz CT molecular complexity index is 2520. The lowest BCUT2D eigenvalue weighted by molar-refractivity contribution is -0.141. The van der Waals surface area contributed by atoms with Crippen molar-refractivity contribution in [1.82, 2.24) is 19.6 Å². The molecule has 330 valence electrons. The first-order valence-corrected chi connectivity index (χ1v) is 24.2. The molecule has 4 aliphatic rings. The minimum absolute atomic E-state index is 0.0132. The smallest absolute Gasteiger partial charge is 0.247 e. The zero-order valence-electron chi connectivity index (χ0n) is 37.1. The van der Waals surface area contributed by atoms with E-state index in [4.69, 9.17) is 0 Å². The number of carbonyl (C=O) groups is 4. The van der Waals surface area contributed by atoms with E-state index in [1.165, 1.54) is 21.6 Å². The Balaban J connectivity index is 0.892. The molecule has 0 aliphatic carbocycles. The van der Waals surface area contributed by atoms with Crippen LogP contribution in [0.25, 0.3) is 0 Å². The number of thioether (sulfide) groups is 2. The van der Waals surface area contributed by atoms with Crippen molar-refractivity contribution in [2.45, 2.75) is 88.9 Å². The van der Waals surface area contributed by atoms with Gasteiger partial charge in [0.25, 0.3) is 0 Å². The van der Waals surface area contributed by atoms with E-state index in [2.05, 4.69) is 66.0 Å². The number of hydrogen-bond acceptors (Lipinski definition) is 8. The molecule has 0 bridgehead atoms. The van der Waals surface area contributed by atoms with Gasteiger partial charge in [-0.25, -0.2) is 0 Å². The lowest BCUT2D eigenvalue weighted by Gasteiger charge is -2.34. The summed E-state index contributed by atoms with van der Waals surface area (Å²) in [5.74, 6) is -0.117. The maximum atomic E-state index is 14.1. The molecule has 2 saturated heterocycles. The van der Waals surface area contributed by atoms with Crippen molar-refractivity contribution in [3.05, 3.63) is 161 Å². The zero-order chi connectivity index (χ0) is 44.5. The Morgan fingerprint density at radius 1 is 0.672 bits per heavy atom. The van der Waals surface area contributed by atoms with Gasteiger partial charge in [0.2, 0.25) is 17.7 Å². The molecule has 2 unspecified atom stereocenters. The number of carbonyl (C=O) groups excluding carboxylic acids is 4. The Morgan fingerprint density at radius 3 is 1.86 bits per heavy atom. The molecule has 6 atom stereocenters. The van der Waals surface area contributed by atoms with Crippen LogP contribution in [0.15, 0.2) is 137 Å². The van der Waals surface area contributed by atoms with E-state index in [1.807, 2.05) is 133 Å². The monoisotopic (exact) mass is 891 g/mol. The van der Waals surface area contributed by atoms with Crippen molar-refractivity contribution >= 4 is 52.7 Å². The number of nitrogens with zero attached hydrogens (tertiary/aromatic N) is 4. The van der Waals surface area contributed by atoms with Crippen LogP contribution in [-0.4, -0.2) is 102 Å². The number of anilines is 1. The quantitative estimate of drug-likeness (QED) is 0.126. The third kappa shape index (κ3) is 8.67. The summed E-state index contributed by atoms with van der Waals surface area (Å²) in [6, 6.07) is 41.3. The van der Waals surface area contributed by atoms with Crippen LogP contribution in [0.1, 0.15) is 71.1 Å². The second-order valence-electron chi connectivity index (χ2n) is 18.2. The summed E-state index contributed by atoms with van der Waals surface area (Å²) in [6.45, 7) is 1.15. The Kier molecular flexibility index (Phi) is 12.9. The largest absolute Gasteiger partial charge is 0.331 e. The minimum atomic E-state index is -0.536. The third-order valence-corrected chi connectivity index (χ3v) is 16.8. The zero-order valence-corrected chi connectivity index (χ0v) is 38.7. The standard InChI is InChI=1S/C53H57N5O4S2/c1-55(2)48(36-16-8-5-9-17-36)51(61)57-28-14-22-42(57)44(59)31-35-24-27-45-39(30-35)32-47(63-45)53(40-20-12-7-13-21-40)34-38-25-26-41(33-46(38)64-53)54-50(60)43-23-15-29-58(43)52(62)49(56(3)4)37-18-10-6-11-19-37/h5-13,16-21,24-27,30,33,42-43,47-49H,14-15,22-23,28-29,31-32,34H2,1-4H3,(H,54,60)/t42-,43-,47?,48+,49+,53?/m0/s1. The summed E-state index contributed by atoms with van der Waals surface area (Å²) >= 11 is 3.81. The van der Waals surface area contributed by atoms with E-state index in [1.54, 1.807) is 4.90 Å². The molecule has 5 aromatic carbocycles. The van der Waals surface area contributed by atoms with Gasteiger partial charge in [0.15, 0.2) is 5.78 Å². The number of ketones is 1. The van der Waals surface area contributed by atoms with Gasteiger partial charge in [-0.15, -0.1) is 23.5 Å². The minimum Gasteiger partial charge on any atom is -0.331 e. The Labute approximate surface area is 386 Å². The number of fused-ring (bicyclic) bond motifs is 2. The number of hydrogen-bond donors (Lipinski definition) is 1. The average Bonchev–Trinajstić information content (AvgIpc) is 4.13. The number of likely N-dealkylation sites (N-methyl/N-ethyl adjacent to an activating group) is 2. The van der Waals surface area contributed by atoms with E-state index in [0.29, 0.717) is 32.4 Å². The topological polar surface area (TPSA) is 93.3 Å². The molecule has 64 heavy (non-hydrogen) atoms. The number of benzene rings is 5. The van der Waals surface area contributed by atoms with Gasteiger partial charge in [0.05, 0.1) is 10.8 Å². The van der Waals surface area contributed by atoms with Crippen molar-refractivity contribution in [2.75, 3.05) is 46.6 Å². The van der Waals surface area contributed by atoms with Crippen LogP contribution < -0.4 is 5.32 Å². The predicted molar refractivity (Wildman–Crippen MR) is 256 cm³/mol. The number of likely N-dealkylation sites (tertiary alicyclic amines) is 2. The second-order valence-corrected chi connectivity index (χ2v) is 20.8.